The number of sulfonamides is 1. The average Bonchev–Trinajstić information content (AvgIpc) is 2.26. The van der Waals surface area contributed by atoms with E-state index in [1.807, 2.05) is 11.9 Å². The van der Waals surface area contributed by atoms with Crippen molar-refractivity contribution in [3.63, 3.8) is 0 Å². The van der Waals surface area contributed by atoms with Gasteiger partial charge in [0.1, 0.15) is 0 Å². The van der Waals surface area contributed by atoms with Crippen molar-refractivity contribution in [2.45, 2.75) is 25.7 Å². The fourth-order valence-electron chi connectivity index (χ4n) is 1.94. The van der Waals surface area contributed by atoms with Gasteiger partial charge >= 0.3 is 0 Å². The molecule has 0 fully saturated rings. The maximum Gasteiger partial charge on any atom is 0.240 e. The highest BCUT2D eigenvalue weighted by Crippen LogP contribution is 2.28. The zero-order valence-corrected chi connectivity index (χ0v) is 13.0. The fourth-order valence-corrected chi connectivity index (χ4v) is 2.69. The zero-order valence-electron chi connectivity index (χ0n) is 12.2. The molecule has 0 aliphatic rings. The highest BCUT2D eigenvalue weighted by atomic mass is 32.2. The molecule has 0 aliphatic carbocycles. The lowest BCUT2D eigenvalue weighted by molar-refractivity contribution is 0.419. The van der Waals surface area contributed by atoms with E-state index in [9.17, 15) is 8.42 Å². The molecule has 6 heteroatoms. The molecule has 0 bridgehead atoms. The van der Waals surface area contributed by atoms with Crippen LogP contribution in [0.5, 0.6) is 0 Å². The van der Waals surface area contributed by atoms with E-state index in [0.29, 0.717) is 5.69 Å². The largest absolute Gasteiger partial charge is 0.397 e. The Balaban J connectivity index is 3.18. The second-order valence-corrected chi connectivity index (χ2v) is 7.73. The van der Waals surface area contributed by atoms with Gasteiger partial charge in [-0.25, -0.2) is 13.1 Å². The number of nitrogens with one attached hydrogen (secondary N) is 1. The lowest BCUT2D eigenvalue weighted by atomic mass is 9.96. The second-order valence-electron chi connectivity index (χ2n) is 5.84. The highest BCUT2D eigenvalue weighted by Gasteiger charge is 2.18. The number of anilines is 2. The maximum atomic E-state index is 11.8. The molecule has 1 rings (SSSR count). The van der Waals surface area contributed by atoms with Gasteiger partial charge in [0.15, 0.2) is 0 Å². The molecule has 0 radical (unpaired) electrons. The van der Waals surface area contributed by atoms with Gasteiger partial charge in [-0.15, -0.1) is 0 Å². The Bertz CT molecular complexity index is 547. The number of benzene rings is 1. The van der Waals surface area contributed by atoms with Crippen LogP contribution in [0.25, 0.3) is 0 Å². The van der Waals surface area contributed by atoms with Crippen LogP contribution in [-0.2, 0) is 10.0 Å². The second kappa shape index (κ2) is 5.38. The number of hydrogen-bond acceptors (Lipinski definition) is 4. The maximum absolute atomic E-state index is 11.8. The Labute approximate surface area is 115 Å². The first-order valence-electron chi connectivity index (χ1n) is 6.11. The molecule has 1 aromatic carbocycles. The molecule has 3 N–H and O–H groups in total. The van der Waals surface area contributed by atoms with Crippen LogP contribution >= 0.6 is 0 Å². The van der Waals surface area contributed by atoms with Gasteiger partial charge in [0.25, 0.3) is 0 Å². The molecule has 1 aromatic rings. The van der Waals surface area contributed by atoms with Gasteiger partial charge in [-0.05, 0) is 30.7 Å². The summed E-state index contributed by atoms with van der Waals surface area (Å²) in [7, 11) is -0.144. The smallest absolute Gasteiger partial charge is 0.240 e. The third kappa shape index (κ3) is 4.11. The van der Waals surface area contributed by atoms with Gasteiger partial charge in [0, 0.05) is 13.6 Å². The Morgan fingerprint density at radius 1 is 1.32 bits per heavy atom. The predicted octanol–water partition coefficient (Wildman–Crippen LogP) is 1.66. The lowest BCUT2D eigenvalue weighted by Gasteiger charge is -2.29. The summed E-state index contributed by atoms with van der Waals surface area (Å²) in [5.41, 5.74) is 7.33. The quantitative estimate of drug-likeness (QED) is 0.825. The van der Waals surface area contributed by atoms with Crippen LogP contribution in [0.2, 0.25) is 0 Å². The molecular weight excluding hydrogens is 262 g/mol. The van der Waals surface area contributed by atoms with E-state index in [1.54, 1.807) is 12.1 Å². The number of nitrogens with zero attached hydrogens (tertiary/aromatic N) is 1. The van der Waals surface area contributed by atoms with E-state index < -0.39 is 10.0 Å². The van der Waals surface area contributed by atoms with Crippen molar-refractivity contribution in [1.82, 2.24) is 4.72 Å². The molecule has 0 spiro atoms. The molecule has 0 saturated heterocycles. The SMILES string of the molecule is CNS(=O)(=O)c1ccc(N)c(N(C)CC(C)(C)C)c1. The van der Waals surface area contributed by atoms with Gasteiger partial charge < -0.3 is 10.6 Å². The Hall–Kier alpha value is -1.27. The topological polar surface area (TPSA) is 75.4 Å². The van der Waals surface area contributed by atoms with E-state index in [2.05, 4.69) is 25.5 Å². The van der Waals surface area contributed by atoms with Crippen molar-refractivity contribution in [1.29, 1.82) is 0 Å². The number of nitrogen functional groups attached to an aromatic ring is 1. The summed E-state index contributed by atoms with van der Waals surface area (Å²) in [6, 6.07) is 4.74. The Morgan fingerprint density at radius 2 is 1.89 bits per heavy atom. The van der Waals surface area contributed by atoms with E-state index in [1.165, 1.54) is 13.1 Å². The van der Waals surface area contributed by atoms with Gasteiger partial charge in [0.05, 0.1) is 16.3 Å². The van der Waals surface area contributed by atoms with Crippen LogP contribution in [0.15, 0.2) is 23.1 Å². The number of nitrogens with two attached hydrogens (primary N) is 1. The molecular formula is C13H23N3O2S. The summed E-state index contributed by atoms with van der Waals surface area (Å²) < 4.78 is 25.9. The minimum absolute atomic E-state index is 0.0963. The first-order chi connectivity index (χ1) is 8.57. The molecule has 0 aromatic heterocycles. The monoisotopic (exact) mass is 285 g/mol. The molecule has 0 unspecified atom stereocenters. The summed E-state index contributed by atoms with van der Waals surface area (Å²) in [5, 5.41) is 0. The summed E-state index contributed by atoms with van der Waals surface area (Å²) in [5.74, 6) is 0. The van der Waals surface area contributed by atoms with Crippen molar-refractivity contribution < 1.29 is 8.42 Å². The van der Waals surface area contributed by atoms with Crippen LogP contribution in [0, 0.1) is 5.41 Å². The summed E-state index contributed by atoms with van der Waals surface area (Å²) in [4.78, 5) is 2.20. The zero-order chi connectivity index (χ0) is 14.8. The van der Waals surface area contributed by atoms with Crippen molar-refractivity contribution in [3.05, 3.63) is 18.2 Å². The molecule has 19 heavy (non-hydrogen) atoms. The molecule has 0 aliphatic heterocycles. The molecule has 0 atom stereocenters. The third-order valence-corrected chi connectivity index (χ3v) is 4.12. The lowest BCUT2D eigenvalue weighted by Crippen LogP contribution is -2.30. The minimum atomic E-state index is -3.45. The van der Waals surface area contributed by atoms with Crippen molar-refractivity contribution >= 4 is 21.4 Å². The van der Waals surface area contributed by atoms with Crippen molar-refractivity contribution in [2.75, 3.05) is 31.3 Å². The molecule has 0 saturated carbocycles. The van der Waals surface area contributed by atoms with Crippen molar-refractivity contribution in [3.8, 4) is 0 Å². The van der Waals surface area contributed by atoms with Crippen LogP contribution in [0.3, 0.4) is 0 Å². The summed E-state index contributed by atoms with van der Waals surface area (Å²) in [6.07, 6.45) is 0. The van der Waals surface area contributed by atoms with E-state index in [0.717, 1.165) is 12.2 Å². The molecule has 0 amide bonds. The van der Waals surface area contributed by atoms with E-state index >= 15 is 0 Å². The molecule has 5 nitrogen and oxygen atoms in total. The fraction of sp³-hybridized carbons (Fsp3) is 0.538. The molecule has 108 valence electrons. The van der Waals surface area contributed by atoms with Gasteiger partial charge in [-0.3, -0.25) is 0 Å². The van der Waals surface area contributed by atoms with Gasteiger partial charge in [-0.2, -0.15) is 0 Å². The van der Waals surface area contributed by atoms with E-state index in [-0.39, 0.29) is 10.3 Å². The van der Waals surface area contributed by atoms with Gasteiger partial charge in [0.2, 0.25) is 10.0 Å². The Morgan fingerprint density at radius 3 is 2.37 bits per heavy atom. The van der Waals surface area contributed by atoms with Crippen molar-refractivity contribution in [2.24, 2.45) is 5.41 Å². The van der Waals surface area contributed by atoms with Crippen LogP contribution < -0.4 is 15.4 Å². The average molecular weight is 285 g/mol. The number of rotatable bonds is 4. The van der Waals surface area contributed by atoms with Crippen LogP contribution in [0.4, 0.5) is 11.4 Å². The van der Waals surface area contributed by atoms with Gasteiger partial charge in [-0.1, -0.05) is 20.8 Å². The summed E-state index contributed by atoms with van der Waals surface area (Å²) >= 11 is 0. The predicted molar refractivity (Wildman–Crippen MR) is 79.8 cm³/mol. The number of hydrogen-bond donors (Lipinski definition) is 2. The van der Waals surface area contributed by atoms with E-state index in [4.69, 9.17) is 5.73 Å². The standard InChI is InChI=1S/C13H23N3O2S/c1-13(2,3)9-16(5)12-8-10(6-7-11(12)14)19(17,18)15-4/h6-8,15H,9,14H2,1-5H3. The Kier molecular flexibility index (Phi) is 4.47. The first kappa shape index (κ1) is 15.8. The highest BCUT2D eigenvalue weighted by molar-refractivity contribution is 7.89. The molecule has 0 heterocycles. The normalized spacial score (nSPS) is 12.5. The van der Waals surface area contributed by atoms with Crippen LogP contribution in [-0.4, -0.2) is 29.1 Å². The third-order valence-electron chi connectivity index (χ3n) is 2.70. The first-order valence-corrected chi connectivity index (χ1v) is 7.59. The minimum Gasteiger partial charge on any atom is -0.397 e. The summed E-state index contributed by atoms with van der Waals surface area (Å²) in [6.45, 7) is 7.13. The van der Waals surface area contributed by atoms with Crippen LogP contribution in [0.1, 0.15) is 20.8 Å².